The highest BCUT2D eigenvalue weighted by Crippen LogP contribution is 2.50. The molecule has 32 heavy (non-hydrogen) atoms. The molecule has 0 bridgehead atoms. The van der Waals surface area contributed by atoms with Crippen LogP contribution in [0.3, 0.4) is 0 Å². The molecule has 0 spiro atoms. The fourth-order valence-electron chi connectivity index (χ4n) is 5.82. The number of esters is 1. The molecule has 1 N–H and O–H groups in total. The van der Waals surface area contributed by atoms with E-state index < -0.39 is 0 Å². The predicted octanol–water partition coefficient (Wildman–Crippen LogP) is 3.15. The summed E-state index contributed by atoms with van der Waals surface area (Å²) >= 11 is 0. The van der Waals surface area contributed by atoms with Gasteiger partial charge in [0.15, 0.2) is 0 Å². The SMILES string of the molecule is COC(=O)C(c1ccccc1)N(C)C1[C@H]2CN(CCCc3ccc4c(n3)NCCC4)C[C@@H]12. The zero-order valence-corrected chi connectivity index (χ0v) is 19.2. The number of likely N-dealkylation sites (tertiary alicyclic amines) is 1. The number of fused-ring (bicyclic) bond motifs is 2. The monoisotopic (exact) mass is 434 g/mol. The van der Waals surface area contributed by atoms with Gasteiger partial charge in [-0.2, -0.15) is 0 Å². The number of carbonyl (C=O) groups excluding carboxylic acids is 1. The Kier molecular flexibility index (Phi) is 6.15. The fraction of sp³-hybridized carbons (Fsp3) is 0.538. The topological polar surface area (TPSA) is 57.7 Å². The largest absolute Gasteiger partial charge is 0.468 e. The van der Waals surface area contributed by atoms with E-state index in [-0.39, 0.29) is 12.0 Å². The number of benzene rings is 1. The van der Waals surface area contributed by atoms with Crippen molar-refractivity contribution in [1.29, 1.82) is 0 Å². The number of rotatable bonds is 8. The summed E-state index contributed by atoms with van der Waals surface area (Å²) in [4.78, 5) is 22.2. The molecule has 5 rings (SSSR count). The number of hydrogen-bond donors (Lipinski definition) is 1. The van der Waals surface area contributed by atoms with Gasteiger partial charge in [0, 0.05) is 31.4 Å². The lowest BCUT2D eigenvalue weighted by molar-refractivity contribution is -0.147. The highest BCUT2D eigenvalue weighted by molar-refractivity contribution is 5.77. The number of methoxy groups -OCH3 is 1. The molecule has 6 nitrogen and oxygen atoms in total. The van der Waals surface area contributed by atoms with E-state index in [1.54, 1.807) is 0 Å². The van der Waals surface area contributed by atoms with Crippen LogP contribution in [0.5, 0.6) is 0 Å². The van der Waals surface area contributed by atoms with Crippen molar-refractivity contribution < 1.29 is 9.53 Å². The van der Waals surface area contributed by atoms with Crippen molar-refractivity contribution in [3.8, 4) is 0 Å². The fourth-order valence-corrected chi connectivity index (χ4v) is 5.82. The molecule has 2 aliphatic heterocycles. The minimum Gasteiger partial charge on any atom is -0.468 e. The molecule has 2 fully saturated rings. The number of ether oxygens (including phenoxy) is 1. The first kappa shape index (κ1) is 21.4. The maximum absolute atomic E-state index is 12.6. The molecule has 1 aromatic heterocycles. The number of hydrogen-bond acceptors (Lipinski definition) is 6. The van der Waals surface area contributed by atoms with Crippen molar-refractivity contribution in [3.05, 3.63) is 59.3 Å². The van der Waals surface area contributed by atoms with E-state index in [4.69, 9.17) is 9.72 Å². The van der Waals surface area contributed by atoms with Crippen LogP contribution in [0.15, 0.2) is 42.5 Å². The number of anilines is 1. The van der Waals surface area contributed by atoms with E-state index in [0.29, 0.717) is 17.9 Å². The lowest BCUT2D eigenvalue weighted by Gasteiger charge is -2.29. The number of carbonyl (C=O) groups is 1. The smallest absolute Gasteiger partial charge is 0.327 e. The van der Waals surface area contributed by atoms with Crippen LogP contribution in [0.4, 0.5) is 5.82 Å². The summed E-state index contributed by atoms with van der Waals surface area (Å²) in [5, 5.41) is 3.44. The molecule has 1 saturated heterocycles. The Morgan fingerprint density at radius 1 is 1.22 bits per heavy atom. The van der Waals surface area contributed by atoms with Crippen LogP contribution in [0.2, 0.25) is 0 Å². The quantitative estimate of drug-likeness (QED) is 0.644. The maximum atomic E-state index is 12.6. The standard InChI is InChI=1S/C26H34N4O2/c1-29(23(26(31)32-2)18-8-4-3-5-9-18)24-21-16-30(17-22(21)24)15-7-11-20-13-12-19-10-6-14-27-25(19)28-20/h3-5,8-9,12-13,21-24H,6-7,10-11,14-17H2,1-2H3,(H,27,28)/t21-,22+,23?,24?. The molecule has 1 aliphatic carbocycles. The molecular weight excluding hydrogens is 400 g/mol. The third kappa shape index (κ3) is 4.26. The van der Waals surface area contributed by atoms with Crippen LogP contribution in [-0.4, -0.2) is 67.1 Å². The molecule has 1 aromatic carbocycles. The van der Waals surface area contributed by atoms with Gasteiger partial charge in [-0.15, -0.1) is 0 Å². The van der Waals surface area contributed by atoms with E-state index in [1.165, 1.54) is 24.8 Å². The van der Waals surface area contributed by atoms with Crippen molar-refractivity contribution in [2.24, 2.45) is 11.8 Å². The Bertz CT molecular complexity index is 938. The van der Waals surface area contributed by atoms with Gasteiger partial charge in [-0.05, 0) is 68.3 Å². The van der Waals surface area contributed by atoms with Crippen LogP contribution in [-0.2, 0) is 22.4 Å². The van der Waals surface area contributed by atoms with Gasteiger partial charge in [0.2, 0.25) is 0 Å². The number of nitrogens with one attached hydrogen (secondary N) is 1. The number of nitrogens with zero attached hydrogens (tertiary/aromatic N) is 3. The molecule has 0 amide bonds. The van der Waals surface area contributed by atoms with E-state index in [9.17, 15) is 4.79 Å². The number of pyridine rings is 1. The Morgan fingerprint density at radius 2 is 2.00 bits per heavy atom. The van der Waals surface area contributed by atoms with Crippen molar-refractivity contribution in [2.75, 3.05) is 45.7 Å². The van der Waals surface area contributed by atoms with Crippen molar-refractivity contribution in [3.63, 3.8) is 0 Å². The number of piperidine rings is 1. The Labute approximate surface area is 191 Å². The van der Waals surface area contributed by atoms with Crippen LogP contribution in [0, 0.1) is 11.8 Å². The second kappa shape index (κ2) is 9.20. The zero-order valence-electron chi connectivity index (χ0n) is 19.2. The van der Waals surface area contributed by atoms with Crippen molar-refractivity contribution in [1.82, 2.24) is 14.8 Å². The summed E-state index contributed by atoms with van der Waals surface area (Å²) in [6, 6.07) is 14.6. The third-order valence-electron chi connectivity index (χ3n) is 7.50. The number of aromatic nitrogens is 1. The van der Waals surface area contributed by atoms with E-state index >= 15 is 0 Å². The van der Waals surface area contributed by atoms with Gasteiger partial charge >= 0.3 is 5.97 Å². The first-order valence-electron chi connectivity index (χ1n) is 12.0. The first-order chi connectivity index (χ1) is 15.7. The molecule has 2 unspecified atom stereocenters. The Balaban J connectivity index is 1.12. The molecule has 170 valence electrons. The van der Waals surface area contributed by atoms with Gasteiger partial charge < -0.3 is 15.0 Å². The summed E-state index contributed by atoms with van der Waals surface area (Å²) in [5.41, 5.74) is 3.56. The predicted molar refractivity (Wildman–Crippen MR) is 126 cm³/mol. The minimum atomic E-state index is -0.325. The van der Waals surface area contributed by atoms with Crippen molar-refractivity contribution in [2.45, 2.75) is 37.8 Å². The summed E-state index contributed by atoms with van der Waals surface area (Å²) in [7, 11) is 3.56. The number of likely N-dealkylation sites (N-methyl/N-ethyl adjacent to an activating group) is 1. The molecule has 3 aliphatic rings. The van der Waals surface area contributed by atoms with Gasteiger partial charge in [-0.3, -0.25) is 4.90 Å². The molecule has 0 radical (unpaired) electrons. The normalized spacial score (nSPS) is 25.0. The average Bonchev–Trinajstić information content (AvgIpc) is 3.34. The Hall–Kier alpha value is -2.44. The van der Waals surface area contributed by atoms with Gasteiger partial charge in [0.25, 0.3) is 0 Å². The molecule has 4 atom stereocenters. The average molecular weight is 435 g/mol. The molecule has 6 heteroatoms. The van der Waals surface area contributed by atoms with Gasteiger partial charge in [0.05, 0.1) is 7.11 Å². The third-order valence-corrected chi connectivity index (χ3v) is 7.50. The second-order valence-corrected chi connectivity index (χ2v) is 9.52. The lowest BCUT2D eigenvalue weighted by atomic mass is 10.1. The zero-order chi connectivity index (χ0) is 22.1. The van der Waals surface area contributed by atoms with Crippen LogP contribution < -0.4 is 5.32 Å². The van der Waals surface area contributed by atoms with E-state index in [0.717, 1.165) is 56.8 Å². The first-order valence-corrected chi connectivity index (χ1v) is 12.0. The van der Waals surface area contributed by atoms with Crippen molar-refractivity contribution >= 4 is 11.8 Å². The summed E-state index contributed by atoms with van der Waals surface area (Å²) in [5.74, 6) is 2.23. The number of aryl methyl sites for hydroxylation is 2. The highest BCUT2D eigenvalue weighted by Gasteiger charge is 2.58. The summed E-state index contributed by atoms with van der Waals surface area (Å²) < 4.78 is 5.14. The van der Waals surface area contributed by atoms with E-state index in [1.807, 2.05) is 30.3 Å². The molecular formula is C26H34N4O2. The molecule has 2 aromatic rings. The highest BCUT2D eigenvalue weighted by atomic mass is 16.5. The van der Waals surface area contributed by atoms with Crippen LogP contribution in [0.25, 0.3) is 0 Å². The maximum Gasteiger partial charge on any atom is 0.327 e. The minimum absolute atomic E-state index is 0.174. The van der Waals surface area contributed by atoms with Gasteiger partial charge in [-0.25, -0.2) is 9.78 Å². The summed E-state index contributed by atoms with van der Waals surface area (Å²) in [6.45, 7) is 4.41. The van der Waals surface area contributed by atoms with Crippen LogP contribution in [0.1, 0.15) is 35.7 Å². The molecule has 3 heterocycles. The molecule has 1 saturated carbocycles. The van der Waals surface area contributed by atoms with Gasteiger partial charge in [-0.1, -0.05) is 36.4 Å². The summed E-state index contributed by atoms with van der Waals surface area (Å²) in [6.07, 6.45) is 4.51. The van der Waals surface area contributed by atoms with Gasteiger partial charge in [0.1, 0.15) is 11.9 Å². The second-order valence-electron chi connectivity index (χ2n) is 9.52. The Morgan fingerprint density at radius 3 is 2.75 bits per heavy atom. The van der Waals surface area contributed by atoms with E-state index in [2.05, 4.69) is 34.3 Å². The van der Waals surface area contributed by atoms with Crippen LogP contribution >= 0.6 is 0 Å². The lowest BCUT2D eigenvalue weighted by Crippen LogP contribution is -2.38.